The number of nitrogen functional groups attached to an aromatic ring is 1. The lowest BCUT2D eigenvalue weighted by Gasteiger charge is -2.06. The summed E-state index contributed by atoms with van der Waals surface area (Å²) < 4.78 is 1.82. The first-order valence-electron chi connectivity index (χ1n) is 7.08. The molecular weight excluding hydrogens is 262 g/mol. The molecule has 0 radical (unpaired) electrons. The summed E-state index contributed by atoms with van der Waals surface area (Å²) in [6, 6.07) is 12.0. The molecule has 3 aromatic rings. The quantitative estimate of drug-likeness (QED) is 0.775. The van der Waals surface area contributed by atoms with E-state index in [0.29, 0.717) is 17.4 Å². The molecule has 0 fully saturated rings. The van der Waals surface area contributed by atoms with Crippen molar-refractivity contribution in [3.63, 3.8) is 0 Å². The van der Waals surface area contributed by atoms with Gasteiger partial charge in [-0.25, -0.2) is 4.98 Å². The molecular formula is C17H19N3O. The fourth-order valence-electron chi connectivity index (χ4n) is 2.50. The lowest BCUT2D eigenvalue weighted by molar-refractivity contribution is 0.282. The zero-order valence-electron chi connectivity index (χ0n) is 12.2. The third-order valence-electron chi connectivity index (χ3n) is 3.79. The summed E-state index contributed by atoms with van der Waals surface area (Å²) in [5, 5.41) is 9.41. The van der Waals surface area contributed by atoms with Gasteiger partial charge in [0, 0.05) is 17.3 Å². The summed E-state index contributed by atoms with van der Waals surface area (Å²) in [6.07, 6.45) is 1.86. The first-order chi connectivity index (χ1) is 10.1. The van der Waals surface area contributed by atoms with Crippen LogP contribution in [0.3, 0.4) is 0 Å². The van der Waals surface area contributed by atoms with Gasteiger partial charge in [0.25, 0.3) is 0 Å². The molecule has 0 saturated heterocycles. The van der Waals surface area contributed by atoms with Crippen LogP contribution in [0.2, 0.25) is 0 Å². The number of nitrogens with zero attached hydrogens (tertiary/aromatic N) is 2. The van der Waals surface area contributed by atoms with Crippen molar-refractivity contribution >= 4 is 11.5 Å². The van der Waals surface area contributed by atoms with Crippen molar-refractivity contribution in [3.8, 4) is 11.3 Å². The van der Waals surface area contributed by atoms with Crippen LogP contribution in [0.15, 0.2) is 42.6 Å². The number of pyridine rings is 1. The fraction of sp³-hybridized carbons (Fsp3) is 0.235. The monoisotopic (exact) mass is 281 g/mol. The maximum Gasteiger partial charge on any atom is 0.144 e. The van der Waals surface area contributed by atoms with Crippen molar-refractivity contribution in [2.24, 2.45) is 0 Å². The van der Waals surface area contributed by atoms with Gasteiger partial charge in [0.2, 0.25) is 0 Å². The van der Waals surface area contributed by atoms with Crippen LogP contribution in [0, 0.1) is 0 Å². The molecule has 2 aromatic heterocycles. The van der Waals surface area contributed by atoms with Gasteiger partial charge in [-0.05, 0) is 17.5 Å². The summed E-state index contributed by atoms with van der Waals surface area (Å²) in [7, 11) is 0. The van der Waals surface area contributed by atoms with Crippen molar-refractivity contribution in [1.82, 2.24) is 9.38 Å². The number of imidazole rings is 1. The van der Waals surface area contributed by atoms with Gasteiger partial charge in [-0.2, -0.15) is 0 Å². The predicted molar refractivity (Wildman–Crippen MR) is 85.1 cm³/mol. The van der Waals surface area contributed by atoms with E-state index in [1.807, 2.05) is 34.9 Å². The van der Waals surface area contributed by atoms with E-state index < -0.39 is 0 Å². The maximum atomic E-state index is 9.41. The highest BCUT2D eigenvalue weighted by molar-refractivity contribution is 5.76. The lowest BCUT2D eigenvalue weighted by atomic mass is 10.0. The predicted octanol–water partition coefficient (Wildman–Crippen LogP) is 3.20. The maximum absolute atomic E-state index is 9.41. The molecule has 0 bridgehead atoms. The molecule has 0 aliphatic heterocycles. The van der Waals surface area contributed by atoms with Crippen LogP contribution in [-0.2, 0) is 6.61 Å². The summed E-state index contributed by atoms with van der Waals surface area (Å²) in [5.74, 6) is 1.09. The summed E-state index contributed by atoms with van der Waals surface area (Å²) in [5.41, 5.74) is 10.7. The highest BCUT2D eigenvalue weighted by Crippen LogP contribution is 2.28. The van der Waals surface area contributed by atoms with Crippen LogP contribution in [0.4, 0.5) is 5.82 Å². The number of aliphatic hydroxyl groups is 1. The van der Waals surface area contributed by atoms with Crippen molar-refractivity contribution in [2.75, 3.05) is 5.73 Å². The Morgan fingerprint density at radius 2 is 1.90 bits per heavy atom. The first-order valence-corrected chi connectivity index (χ1v) is 7.08. The topological polar surface area (TPSA) is 63.5 Å². The minimum Gasteiger partial charge on any atom is -0.392 e. The van der Waals surface area contributed by atoms with Crippen LogP contribution in [0.5, 0.6) is 0 Å². The number of hydrogen-bond donors (Lipinski definition) is 2. The number of rotatable bonds is 3. The molecule has 21 heavy (non-hydrogen) atoms. The number of fused-ring (bicyclic) bond motifs is 1. The van der Waals surface area contributed by atoms with Crippen molar-refractivity contribution in [1.29, 1.82) is 0 Å². The Morgan fingerprint density at radius 1 is 1.19 bits per heavy atom. The Balaban J connectivity index is 2.14. The normalized spacial score (nSPS) is 11.4. The molecule has 0 unspecified atom stereocenters. The molecule has 4 nitrogen and oxygen atoms in total. The van der Waals surface area contributed by atoms with E-state index in [2.05, 4.69) is 31.0 Å². The van der Waals surface area contributed by atoms with Crippen LogP contribution in [0.1, 0.15) is 30.9 Å². The molecule has 0 saturated carbocycles. The molecule has 3 N–H and O–H groups in total. The largest absolute Gasteiger partial charge is 0.392 e. The van der Waals surface area contributed by atoms with Crippen molar-refractivity contribution in [2.45, 2.75) is 26.4 Å². The van der Waals surface area contributed by atoms with Crippen LogP contribution in [0.25, 0.3) is 16.9 Å². The Hall–Kier alpha value is -2.33. The van der Waals surface area contributed by atoms with Gasteiger partial charge in [-0.1, -0.05) is 44.2 Å². The van der Waals surface area contributed by atoms with Crippen molar-refractivity contribution < 1.29 is 5.11 Å². The van der Waals surface area contributed by atoms with Crippen molar-refractivity contribution in [3.05, 3.63) is 53.7 Å². The molecule has 4 heteroatoms. The average Bonchev–Trinajstić information content (AvgIpc) is 2.85. The molecule has 108 valence electrons. The number of aromatic nitrogens is 2. The highest BCUT2D eigenvalue weighted by Gasteiger charge is 2.13. The molecule has 0 amide bonds. The van der Waals surface area contributed by atoms with Crippen LogP contribution < -0.4 is 5.73 Å². The van der Waals surface area contributed by atoms with E-state index >= 15 is 0 Å². The molecule has 3 rings (SSSR count). The smallest absolute Gasteiger partial charge is 0.144 e. The molecule has 0 atom stereocenters. The van der Waals surface area contributed by atoms with Gasteiger partial charge in [-0.15, -0.1) is 0 Å². The minimum absolute atomic E-state index is 0.0491. The van der Waals surface area contributed by atoms with E-state index in [0.717, 1.165) is 16.8 Å². The van der Waals surface area contributed by atoms with Gasteiger partial charge in [0.05, 0.1) is 6.61 Å². The average molecular weight is 281 g/mol. The Kier molecular flexibility index (Phi) is 3.39. The fourth-order valence-corrected chi connectivity index (χ4v) is 2.50. The Labute approximate surface area is 123 Å². The standard InChI is InChI=1S/C17H19N3O/c1-11(2)12-5-7-13(8-6-12)15-16(18)20-9-3-4-14(10-21)17(20)19-15/h3-9,11,21H,10,18H2,1-2H3. The molecule has 1 aromatic carbocycles. The third-order valence-corrected chi connectivity index (χ3v) is 3.79. The second-order valence-electron chi connectivity index (χ2n) is 5.51. The molecule has 0 aliphatic carbocycles. The SMILES string of the molecule is CC(C)c1ccc(-c2nc3c(CO)cccn3c2N)cc1. The van der Waals surface area contributed by atoms with E-state index in [-0.39, 0.29) is 6.61 Å². The number of benzene rings is 1. The molecule has 2 heterocycles. The first kappa shape index (κ1) is 13.6. The molecule has 0 spiro atoms. The van der Waals surface area contributed by atoms with E-state index in [4.69, 9.17) is 5.73 Å². The van der Waals surface area contributed by atoms with Crippen LogP contribution >= 0.6 is 0 Å². The number of aliphatic hydroxyl groups excluding tert-OH is 1. The number of anilines is 1. The molecule has 0 aliphatic rings. The van der Waals surface area contributed by atoms with Gasteiger partial charge in [-0.3, -0.25) is 4.40 Å². The van der Waals surface area contributed by atoms with E-state index in [1.54, 1.807) is 0 Å². The van der Waals surface area contributed by atoms with E-state index in [9.17, 15) is 5.11 Å². The summed E-state index contributed by atoms with van der Waals surface area (Å²) in [4.78, 5) is 4.61. The third kappa shape index (κ3) is 2.28. The van der Waals surface area contributed by atoms with Gasteiger partial charge >= 0.3 is 0 Å². The number of hydrogen-bond acceptors (Lipinski definition) is 3. The zero-order chi connectivity index (χ0) is 15.0. The lowest BCUT2D eigenvalue weighted by Crippen LogP contribution is -1.96. The van der Waals surface area contributed by atoms with Crippen LogP contribution in [-0.4, -0.2) is 14.5 Å². The second-order valence-corrected chi connectivity index (χ2v) is 5.51. The van der Waals surface area contributed by atoms with Gasteiger partial charge < -0.3 is 10.8 Å². The zero-order valence-corrected chi connectivity index (χ0v) is 12.2. The Morgan fingerprint density at radius 3 is 2.52 bits per heavy atom. The Bertz CT molecular complexity index is 773. The number of nitrogens with two attached hydrogens (primary N) is 1. The summed E-state index contributed by atoms with van der Waals surface area (Å²) >= 11 is 0. The second kappa shape index (κ2) is 5.22. The van der Waals surface area contributed by atoms with Gasteiger partial charge in [0.15, 0.2) is 0 Å². The van der Waals surface area contributed by atoms with Gasteiger partial charge in [0.1, 0.15) is 17.2 Å². The van der Waals surface area contributed by atoms with E-state index in [1.165, 1.54) is 5.56 Å². The highest BCUT2D eigenvalue weighted by atomic mass is 16.3. The minimum atomic E-state index is -0.0491. The summed E-state index contributed by atoms with van der Waals surface area (Å²) in [6.45, 7) is 4.29.